The lowest BCUT2D eigenvalue weighted by atomic mass is 10.2. The van der Waals surface area contributed by atoms with Crippen LogP contribution in [0.25, 0.3) is 20.4 Å². The van der Waals surface area contributed by atoms with Gasteiger partial charge in [0.05, 0.1) is 18.7 Å². The minimum Gasteiger partial charge on any atom is -0.494 e. The van der Waals surface area contributed by atoms with Crippen molar-refractivity contribution in [2.75, 3.05) is 6.61 Å². The van der Waals surface area contributed by atoms with Crippen molar-refractivity contribution >= 4 is 55.1 Å². The predicted molar refractivity (Wildman–Crippen MR) is 137 cm³/mol. The molecule has 0 aliphatic rings. The molecule has 3 heterocycles. The summed E-state index contributed by atoms with van der Waals surface area (Å²) < 4.78 is 8.15. The van der Waals surface area contributed by atoms with Gasteiger partial charge in [0.25, 0.3) is 5.56 Å². The molecule has 5 aromatic rings. The van der Waals surface area contributed by atoms with E-state index in [-0.39, 0.29) is 5.56 Å². The van der Waals surface area contributed by atoms with Crippen molar-refractivity contribution in [2.24, 2.45) is 0 Å². The van der Waals surface area contributed by atoms with E-state index in [4.69, 9.17) is 21.3 Å². The van der Waals surface area contributed by atoms with Crippen LogP contribution in [-0.2, 0) is 12.3 Å². The van der Waals surface area contributed by atoms with Crippen LogP contribution in [0, 0.1) is 0 Å². The van der Waals surface area contributed by atoms with Crippen molar-refractivity contribution in [3.8, 4) is 5.75 Å². The van der Waals surface area contributed by atoms with Gasteiger partial charge in [-0.15, -0.1) is 11.3 Å². The number of rotatable bonds is 7. The van der Waals surface area contributed by atoms with E-state index in [1.165, 1.54) is 23.1 Å². The van der Waals surface area contributed by atoms with Gasteiger partial charge in [0.15, 0.2) is 5.16 Å². The Labute approximate surface area is 204 Å². The van der Waals surface area contributed by atoms with Crippen LogP contribution in [0.2, 0.25) is 5.02 Å². The molecular formula is C25H20ClN3O2S2. The summed E-state index contributed by atoms with van der Waals surface area (Å²) in [5, 5.41) is 2.24. The molecular weight excluding hydrogens is 474 g/mol. The second-order valence-electron chi connectivity index (χ2n) is 7.34. The van der Waals surface area contributed by atoms with E-state index < -0.39 is 0 Å². The van der Waals surface area contributed by atoms with E-state index in [1.807, 2.05) is 67.6 Å². The Hall–Kier alpha value is -2.87. The molecule has 0 fully saturated rings. The van der Waals surface area contributed by atoms with Crippen molar-refractivity contribution in [1.82, 2.24) is 14.5 Å². The molecule has 0 N–H and O–H groups in total. The summed E-state index contributed by atoms with van der Waals surface area (Å²) in [6.45, 7) is 2.87. The highest BCUT2D eigenvalue weighted by Gasteiger charge is 2.18. The third-order valence-electron chi connectivity index (χ3n) is 5.23. The lowest BCUT2D eigenvalue weighted by molar-refractivity contribution is 0.335. The highest BCUT2D eigenvalue weighted by atomic mass is 35.5. The van der Waals surface area contributed by atoms with Gasteiger partial charge in [-0.05, 0) is 36.8 Å². The summed E-state index contributed by atoms with van der Waals surface area (Å²) in [7, 11) is 0. The van der Waals surface area contributed by atoms with Gasteiger partial charge in [0, 0.05) is 27.9 Å². The molecule has 3 aromatic heterocycles. The number of fused-ring (bicyclic) bond motifs is 3. The van der Waals surface area contributed by atoms with E-state index >= 15 is 0 Å². The van der Waals surface area contributed by atoms with Crippen LogP contribution in [0.3, 0.4) is 0 Å². The first-order valence-corrected chi connectivity index (χ1v) is 12.7. The first kappa shape index (κ1) is 21.9. The summed E-state index contributed by atoms with van der Waals surface area (Å²) >= 11 is 9.27. The van der Waals surface area contributed by atoms with Crippen molar-refractivity contribution < 1.29 is 4.74 Å². The third-order valence-corrected chi connectivity index (χ3v) is 7.72. The Bertz CT molecular complexity index is 1510. The SMILES string of the molecule is CCOc1ccccc1Cn1c(SCc2ccccc2Cl)nc2c(sc3ncccc32)c1=O. The van der Waals surface area contributed by atoms with Crippen molar-refractivity contribution in [1.29, 1.82) is 0 Å². The predicted octanol–water partition coefficient (Wildman–Crippen LogP) is 6.40. The Morgan fingerprint density at radius 3 is 2.67 bits per heavy atom. The number of hydrogen-bond donors (Lipinski definition) is 0. The maximum absolute atomic E-state index is 13.7. The minimum absolute atomic E-state index is 0.0732. The number of nitrogens with zero attached hydrogens (tertiary/aromatic N) is 3. The summed E-state index contributed by atoms with van der Waals surface area (Å²) in [6, 6.07) is 19.4. The molecule has 8 heteroatoms. The molecule has 0 saturated carbocycles. The number of ether oxygens (including phenoxy) is 1. The average Bonchev–Trinajstić information content (AvgIpc) is 3.21. The van der Waals surface area contributed by atoms with Crippen molar-refractivity contribution in [3.63, 3.8) is 0 Å². The summed E-state index contributed by atoms with van der Waals surface area (Å²) in [4.78, 5) is 23.9. The third kappa shape index (κ3) is 4.36. The van der Waals surface area contributed by atoms with Crippen LogP contribution in [0.1, 0.15) is 18.1 Å². The van der Waals surface area contributed by atoms with Crippen LogP contribution in [0.15, 0.2) is 76.8 Å². The molecule has 0 radical (unpaired) electrons. The topological polar surface area (TPSA) is 57.0 Å². The number of hydrogen-bond acceptors (Lipinski definition) is 6. The molecule has 5 nitrogen and oxygen atoms in total. The van der Waals surface area contributed by atoms with Crippen LogP contribution in [0.4, 0.5) is 0 Å². The number of halogens is 1. The van der Waals surface area contributed by atoms with E-state index in [0.29, 0.717) is 39.3 Å². The van der Waals surface area contributed by atoms with Crippen molar-refractivity contribution in [2.45, 2.75) is 24.4 Å². The quantitative estimate of drug-likeness (QED) is 0.194. The van der Waals surface area contributed by atoms with Crippen molar-refractivity contribution in [3.05, 3.63) is 93.4 Å². The first-order valence-electron chi connectivity index (χ1n) is 10.5. The zero-order chi connectivity index (χ0) is 22.8. The standard InChI is InChI=1S/C25H20ClN3O2S2/c1-2-31-20-12-6-4-8-16(20)14-29-24(30)22-21(18-10-7-13-27-23(18)33-22)28-25(29)32-15-17-9-3-5-11-19(17)26/h3-13H,2,14-15H2,1H3. The molecule has 0 amide bonds. The normalized spacial score (nSPS) is 11.3. The fraction of sp³-hybridized carbons (Fsp3) is 0.160. The van der Waals surface area contributed by atoms with Gasteiger partial charge in [0.1, 0.15) is 15.3 Å². The van der Waals surface area contributed by atoms with Gasteiger partial charge in [-0.1, -0.05) is 59.8 Å². The van der Waals surface area contributed by atoms with Crippen LogP contribution >= 0.6 is 34.7 Å². The largest absolute Gasteiger partial charge is 0.494 e. The smallest absolute Gasteiger partial charge is 0.272 e. The molecule has 5 rings (SSSR count). The highest BCUT2D eigenvalue weighted by molar-refractivity contribution is 7.98. The van der Waals surface area contributed by atoms with E-state index in [9.17, 15) is 4.79 Å². The molecule has 0 bridgehead atoms. The molecule has 0 aliphatic heterocycles. The van der Waals surface area contributed by atoms with Gasteiger partial charge in [-0.3, -0.25) is 9.36 Å². The second kappa shape index (κ2) is 9.55. The molecule has 0 spiro atoms. The lowest BCUT2D eigenvalue weighted by Gasteiger charge is -2.15. The number of thiophene rings is 1. The van der Waals surface area contributed by atoms with E-state index in [0.717, 1.165) is 27.1 Å². The summed E-state index contributed by atoms with van der Waals surface area (Å²) in [5.74, 6) is 1.37. The highest BCUT2D eigenvalue weighted by Crippen LogP contribution is 2.32. The Morgan fingerprint density at radius 2 is 1.85 bits per heavy atom. The fourth-order valence-electron chi connectivity index (χ4n) is 3.65. The second-order valence-corrected chi connectivity index (χ2v) is 9.69. The van der Waals surface area contributed by atoms with Crippen LogP contribution < -0.4 is 10.3 Å². The van der Waals surface area contributed by atoms with Gasteiger partial charge < -0.3 is 4.74 Å². The number of pyridine rings is 1. The first-order chi connectivity index (χ1) is 16.2. The fourth-order valence-corrected chi connectivity index (χ4v) is 5.96. The summed E-state index contributed by atoms with van der Waals surface area (Å²) in [5.41, 5.74) is 2.55. The Morgan fingerprint density at radius 1 is 1.06 bits per heavy atom. The molecule has 0 aliphatic carbocycles. The molecule has 166 valence electrons. The maximum Gasteiger partial charge on any atom is 0.272 e. The molecule has 33 heavy (non-hydrogen) atoms. The zero-order valence-electron chi connectivity index (χ0n) is 17.8. The van der Waals surface area contributed by atoms with Gasteiger partial charge in [0.2, 0.25) is 0 Å². The lowest BCUT2D eigenvalue weighted by Crippen LogP contribution is -2.23. The van der Waals surface area contributed by atoms with Gasteiger partial charge in [-0.2, -0.15) is 0 Å². The maximum atomic E-state index is 13.7. The molecule has 0 atom stereocenters. The van der Waals surface area contributed by atoms with E-state index in [2.05, 4.69) is 4.98 Å². The van der Waals surface area contributed by atoms with Crippen LogP contribution in [0.5, 0.6) is 5.75 Å². The molecule has 0 saturated heterocycles. The number of para-hydroxylation sites is 1. The number of aromatic nitrogens is 3. The molecule has 0 unspecified atom stereocenters. The zero-order valence-corrected chi connectivity index (χ0v) is 20.2. The minimum atomic E-state index is -0.0732. The average molecular weight is 494 g/mol. The van der Waals surface area contributed by atoms with E-state index in [1.54, 1.807) is 10.8 Å². The number of thioether (sulfide) groups is 1. The Kier molecular flexibility index (Phi) is 6.35. The van der Waals surface area contributed by atoms with Gasteiger partial charge in [-0.25, -0.2) is 9.97 Å². The molecule has 2 aromatic carbocycles. The summed E-state index contributed by atoms with van der Waals surface area (Å²) in [6.07, 6.45) is 1.74. The Balaban J connectivity index is 1.64. The van der Waals surface area contributed by atoms with Gasteiger partial charge >= 0.3 is 0 Å². The monoisotopic (exact) mass is 493 g/mol. The number of benzene rings is 2. The van der Waals surface area contributed by atoms with Crippen LogP contribution in [-0.4, -0.2) is 21.1 Å².